The summed E-state index contributed by atoms with van der Waals surface area (Å²) in [5.41, 5.74) is 2.72. The predicted molar refractivity (Wildman–Crippen MR) is 112 cm³/mol. The van der Waals surface area contributed by atoms with Crippen molar-refractivity contribution in [1.29, 1.82) is 0 Å². The lowest BCUT2D eigenvalue weighted by molar-refractivity contribution is -0.115. The Labute approximate surface area is 169 Å². The first kappa shape index (κ1) is 17.4. The summed E-state index contributed by atoms with van der Waals surface area (Å²) in [7, 11) is 1.61. The molecule has 2 aliphatic heterocycles. The first-order valence-corrected chi connectivity index (χ1v) is 9.54. The van der Waals surface area contributed by atoms with Gasteiger partial charge < -0.3 is 4.74 Å². The molecule has 1 atom stereocenters. The molecule has 0 aromatic heterocycles. The zero-order valence-electron chi connectivity index (χ0n) is 16.0. The number of hydrogen-bond donors (Lipinski definition) is 0. The topological polar surface area (TPSA) is 46.6 Å². The van der Waals surface area contributed by atoms with Gasteiger partial charge in [0.15, 0.2) is 5.78 Å². The quantitative estimate of drug-likeness (QED) is 0.666. The van der Waals surface area contributed by atoms with Gasteiger partial charge in [0.2, 0.25) is 0 Å². The van der Waals surface area contributed by atoms with E-state index in [1.807, 2.05) is 72.8 Å². The first-order chi connectivity index (χ1) is 14.1. The maximum Gasteiger partial charge on any atom is 0.252 e. The molecular weight excluding hydrogens is 362 g/mol. The molecule has 2 aliphatic rings. The van der Waals surface area contributed by atoms with E-state index in [4.69, 9.17) is 4.74 Å². The fourth-order valence-electron chi connectivity index (χ4n) is 4.48. The molecule has 0 N–H and O–H groups in total. The van der Waals surface area contributed by atoms with Crippen LogP contribution in [0.1, 0.15) is 27.9 Å². The zero-order valence-corrected chi connectivity index (χ0v) is 16.0. The Balaban J connectivity index is 1.73. The van der Waals surface area contributed by atoms with Gasteiger partial charge in [-0.05, 0) is 41.0 Å². The van der Waals surface area contributed by atoms with E-state index in [9.17, 15) is 9.59 Å². The van der Waals surface area contributed by atoms with Crippen molar-refractivity contribution >= 4 is 23.0 Å². The summed E-state index contributed by atoms with van der Waals surface area (Å²) in [6, 6.07) is 24.6. The molecule has 0 saturated heterocycles. The Kier molecular flexibility index (Phi) is 3.88. The molecule has 0 bridgehead atoms. The number of nitrogens with zero attached hydrogens (tertiary/aromatic N) is 1. The number of fused-ring (bicyclic) bond motifs is 3. The van der Waals surface area contributed by atoms with Gasteiger partial charge in [-0.15, -0.1) is 0 Å². The number of amides is 1. The van der Waals surface area contributed by atoms with Crippen LogP contribution in [0.3, 0.4) is 0 Å². The minimum Gasteiger partial charge on any atom is -0.497 e. The number of carbonyl (C=O) groups excluding carboxylic acids is 2. The second-order valence-corrected chi connectivity index (χ2v) is 7.32. The van der Waals surface area contributed by atoms with Gasteiger partial charge >= 0.3 is 0 Å². The highest BCUT2D eigenvalue weighted by molar-refractivity contribution is 6.25. The Morgan fingerprint density at radius 3 is 2.45 bits per heavy atom. The summed E-state index contributed by atoms with van der Waals surface area (Å²) in [5.74, 6) is 0.491. The highest BCUT2D eigenvalue weighted by Crippen LogP contribution is 2.51. The van der Waals surface area contributed by atoms with E-state index >= 15 is 0 Å². The van der Waals surface area contributed by atoms with Gasteiger partial charge in [0.1, 0.15) is 11.3 Å². The number of ether oxygens (including phenoxy) is 1. The van der Waals surface area contributed by atoms with Gasteiger partial charge in [0.25, 0.3) is 5.91 Å². The van der Waals surface area contributed by atoms with Crippen LogP contribution in [0.5, 0.6) is 5.75 Å². The number of anilines is 1. The number of methoxy groups -OCH3 is 1. The van der Waals surface area contributed by atoms with Crippen LogP contribution in [0.15, 0.2) is 84.9 Å². The normalized spacial score (nSPS) is 20.2. The number of rotatable bonds is 3. The van der Waals surface area contributed by atoms with Crippen molar-refractivity contribution in [1.82, 2.24) is 0 Å². The van der Waals surface area contributed by atoms with Crippen LogP contribution >= 0.6 is 0 Å². The third-order valence-corrected chi connectivity index (χ3v) is 5.80. The lowest BCUT2D eigenvalue weighted by atomic mass is 9.76. The highest BCUT2D eigenvalue weighted by atomic mass is 16.5. The van der Waals surface area contributed by atoms with E-state index in [0.717, 1.165) is 16.7 Å². The molecule has 0 saturated carbocycles. The second-order valence-electron chi connectivity index (χ2n) is 7.32. The van der Waals surface area contributed by atoms with Crippen molar-refractivity contribution in [2.45, 2.75) is 12.0 Å². The van der Waals surface area contributed by atoms with Crippen LogP contribution in [0.2, 0.25) is 0 Å². The lowest BCUT2D eigenvalue weighted by Gasteiger charge is -2.41. The first-order valence-electron chi connectivity index (χ1n) is 9.54. The molecule has 3 aromatic carbocycles. The molecular formula is C25H19NO3. The van der Waals surface area contributed by atoms with Crippen molar-refractivity contribution in [2.75, 3.05) is 12.0 Å². The van der Waals surface area contributed by atoms with Crippen molar-refractivity contribution in [3.8, 4) is 5.75 Å². The van der Waals surface area contributed by atoms with Crippen molar-refractivity contribution < 1.29 is 14.3 Å². The molecule has 3 aromatic rings. The van der Waals surface area contributed by atoms with Gasteiger partial charge in [-0.3, -0.25) is 14.5 Å². The number of hydrogen-bond acceptors (Lipinski definition) is 3. The molecule has 2 heterocycles. The van der Waals surface area contributed by atoms with Gasteiger partial charge in [-0.1, -0.05) is 54.6 Å². The van der Waals surface area contributed by atoms with Crippen LogP contribution < -0.4 is 9.64 Å². The highest BCUT2D eigenvalue weighted by Gasteiger charge is 2.56. The molecule has 0 fully saturated rings. The van der Waals surface area contributed by atoms with E-state index in [1.165, 1.54) is 0 Å². The van der Waals surface area contributed by atoms with E-state index in [-0.39, 0.29) is 11.7 Å². The SMILES string of the molecule is COc1cccc(C2=CC(=O)N3c4ccccc4C(=O)[C@@]3(c3ccccc3)C2)c1. The lowest BCUT2D eigenvalue weighted by Crippen LogP contribution is -2.52. The molecule has 0 radical (unpaired) electrons. The standard InChI is InChI=1S/C25H19NO3/c1-29-20-11-7-8-17(14-20)18-15-23(27)26-22-13-6-5-12-21(22)24(28)25(26,16-18)19-9-3-2-4-10-19/h2-15H,16H2,1H3/t25-/m0/s1. The Morgan fingerprint density at radius 1 is 0.897 bits per heavy atom. The summed E-state index contributed by atoms with van der Waals surface area (Å²) in [4.78, 5) is 28.8. The van der Waals surface area contributed by atoms with Crippen LogP contribution in [-0.2, 0) is 10.3 Å². The number of ketones is 1. The second kappa shape index (κ2) is 6.45. The Morgan fingerprint density at radius 2 is 1.66 bits per heavy atom. The van der Waals surface area contributed by atoms with E-state index in [0.29, 0.717) is 23.4 Å². The van der Waals surface area contributed by atoms with E-state index in [1.54, 1.807) is 24.2 Å². The summed E-state index contributed by atoms with van der Waals surface area (Å²) in [6.07, 6.45) is 2.05. The fraction of sp³-hybridized carbons (Fsp3) is 0.120. The Bertz CT molecular complexity index is 1170. The minimum atomic E-state index is -1.07. The van der Waals surface area contributed by atoms with Gasteiger partial charge in [-0.25, -0.2) is 0 Å². The van der Waals surface area contributed by atoms with E-state index in [2.05, 4.69) is 0 Å². The molecule has 0 unspecified atom stereocenters. The predicted octanol–water partition coefficient (Wildman–Crippen LogP) is 4.61. The number of benzene rings is 3. The number of Topliss-reactive ketones (excluding diaryl/α,β-unsaturated/α-hetero) is 1. The molecule has 0 spiro atoms. The minimum absolute atomic E-state index is 0.0406. The molecule has 4 heteroatoms. The number of para-hydroxylation sites is 1. The third-order valence-electron chi connectivity index (χ3n) is 5.80. The summed E-state index contributed by atoms with van der Waals surface area (Å²) >= 11 is 0. The maximum atomic E-state index is 13.8. The molecule has 4 nitrogen and oxygen atoms in total. The smallest absolute Gasteiger partial charge is 0.252 e. The van der Waals surface area contributed by atoms with Gasteiger partial charge in [0.05, 0.1) is 12.8 Å². The van der Waals surface area contributed by atoms with Crippen molar-refractivity contribution in [3.63, 3.8) is 0 Å². The van der Waals surface area contributed by atoms with Crippen molar-refractivity contribution in [3.05, 3.63) is 102 Å². The molecule has 142 valence electrons. The summed E-state index contributed by atoms with van der Waals surface area (Å²) in [5, 5.41) is 0. The van der Waals surface area contributed by atoms with Crippen LogP contribution in [-0.4, -0.2) is 18.8 Å². The summed E-state index contributed by atoms with van der Waals surface area (Å²) < 4.78 is 5.35. The van der Waals surface area contributed by atoms with Crippen LogP contribution in [0, 0.1) is 0 Å². The Hall–Kier alpha value is -3.66. The van der Waals surface area contributed by atoms with Gasteiger partial charge in [-0.2, -0.15) is 0 Å². The average Bonchev–Trinajstić information content (AvgIpc) is 3.04. The van der Waals surface area contributed by atoms with E-state index < -0.39 is 5.54 Å². The average molecular weight is 381 g/mol. The third kappa shape index (κ3) is 2.46. The largest absolute Gasteiger partial charge is 0.497 e. The number of carbonyl (C=O) groups is 2. The molecule has 5 rings (SSSR count). The molecule has 29 heavy (non-hydrogen) atoms. The van der Waals surface area contributed by atoms with Gasteiger partial charge in [0, 0.05) is 18.1 Å². The van der Waals surface area contributed by atoms with Crippen molar-refractivity contribution in [2.24, 2.45) is 0 Å². The zero-order chi connectivity index (χ0) is 20.0. The molecule has 0 aliphatic carbocycles. The van der Waals surface area contributed by atoms with Crippen LogP contribution in [0.25, 0.3) is 5.57 Å². The maximum absolute atomic E-state index is 13.8. The molecule has 1 amide bonds. The van der Waals surface area contributed by atoms with Crippen LogP contribution in [0.4, 0.5) is 5.69 Å². The monoisotopic (exact) mass is 381 g/mol. The fourth-order valence-corrected chi connectivity index (χ4v) is 4.48. The summed E-state index contributed by atoms with van der Waals surface area (Å²) in [6.45, 7) is 0.